The second kappa shape index (κ2) is 6.12. The van der Waals surface area contributed by atoms with Crippen LogP contribution >= 0.6 is 0 Å². The SMILES string of the molecule is CC(C)(C)OC(=O)N1CC=C(C2=CC=CC=CC2)CC1. The van der Waals surface area contributed by atoms with E-state index >= 15 is 0 Å². The zero-order chi connectivity index (χ0) is 14.6. The maximum absolute atomic E-state index is 12.0. The molecule has 3 nitrogen and oxygen atoms in total. The molecule has 1 aliphatic heterocycles. The van der Waals surface area contributed by atoms with Gasteiger partial charge in [0.2, 0.25) is 0 Å². The van der Waals surface area contributed by atoms with Gasteiger partial charge in [-0.05, 0) is 44.8 Å². The number of ether oxygens (including phenoxy) is 1. The second-order valence-electron chi connectivity index (χ2n) is 6.11. The molecule has 1 aliphatic carbocycles. The van der Waals surface area contributed by atoms with Crippen molar-refractivity contribution < 1.29 is 9.53 Å². The van der Waals surface area contributed by atoms with Crippen LogP contribution in [0.25, 0.3) is 0 Å². The molecule has 0 N–H and O–H groups in total. The van der Waals surface area contributed by atoms with Gasteiger partial charge >= 0.3 is 6.09 Å². The Balaban J connectivity index is 1.97. The third kappa shape index (κ3) is 4.12. The molecule has 3 heteroatoms. The molecule has 108 valence electrons. The van der Waals surface area contributed by atoms with E-state index in [9.17, 15) is 4.79 Å². The van der Waals surface area contributed by atoms with Gasteiger partial charge in [-0.1, -0.05) is 36.5 Å². The normalized spacial score (nSPS) is 19.2. The van der Waals surface area contributed by atoms with Crippen molar-refractivity contribution in [2.45, 2.75) is 39.2 Å². The molecular weight excluding hydrogens is 250 g/mol. The predicted molar refractivity (Wildman–Crippen MR) is 81.5 cm³/mol. The van der Waals surface area contributed by atoms with Crippen LogP contribution in [0.5, 0.6) is 0 Å². The van der Waals surface area contributed by atoms with Crippen LogP contribution in [0.15, 0.2) is 47.6 Å². The van der Waals surface area contributed by atoms with E-state index in [1.165, 1.54) is 11.1 Å². The summed E-state index contributed by atoms with van der Waals surface area (Å²) >= 11 is 0. The van der Waals surface area contributed by atoms with Gasteiger partial charge in [-0.2, -0.15) is 0 Å². The monoisotopic (exact) mass is 273 g/mol. The lowest BCUT2D eigenvalue weighted by molar-refractivity contribution is 0.0266. The molecule has 0 bridgehead atoms. The van der Waals surface area contributed by atoms with E-state index in [1.807, 2.05) is 26.8 Å². The Kier molecular flexibility index (Phi) is 4.48. The Labute approximate surface area is 121 Å². The number of carbonyl (C=O) groups is 1. The Morgan fingerprint density at radius 3 is 2.65 bits per heavy atom. The minimum absolute atomic E-state index is 0.220. The van der Waals surface area contributed by atoms with Gasteiger partial charge in [-0.3, -0.25) is 0 Å². The average Bonchev–Trinajstić information content (AvgIpc) is 2.66. The molecule has 0 unspecified atom stereocenters. The number of hydrogen-bond acceptors (Lipinski definition) is 2. The fourth-order valence-electron chi connectivity index (χ4n) is 2.27. The van der Waals surface area contributed by atoms with E-state index in [0.29, 0.717) is 6.54 Å². The minimum Gasteiger partial charge on any atom is -0.444 e. The first kappa shape index (κ1) is 14.6. The summed E-state index contributed by atoms with van der Waals surface area (Å²) in [6.45, 7) is 7.04. The number of rotatable bonds is 1. The fourth-order valence-corrected chi connectivity index (χ4v) is 2.27. The van der Waals surface area contributed by atoms with Gasteiger partial charge in [0.25, 0.3) is 0 Å². The number of hydrogen-bond donors (Lipinski definition) is 0. The topological polar surface area (TPSA) is 29.5 Å². The maximum Gasteiger partial charge on any atom is 0.410 e. The Morgan fingerprint density at radius 1 is 1.20 bits per heavy atom. The van der Waals surface area contributed by atoms with Gasteiger partial charge in [0.05, 0.1) is 0 Å². The van der Waals surface area contributed by atoms with Crippen LogP contribution in [0.2, 0.25) is 0 Å². The van der Waals surface area contributed by atoms with E-state index in [-0.39, 0.29) is 6.09 Å². The van der Waals surface area contributed by atoms with E-state index < -0.39 is 5.60 Å². The third-order valence-corrected chi connectivity index (χ3v) is 3.27. The molecule has 0 aromatic heterocycles. The second-order valence-corrected chi connectivity index (χ2v) is 6.11. The summed E-state index contributed by atoms with van der Waals surface area (Å²) in [5.41, 5.74) is 2.26. The summed E-state index contributed by atoms with van der Waals surface area (Å²) < 4.78 is 5.40. The highest BCUT2D eigenvalue weighted by Crippen LogP contribution is 2.24. The Hall–Kier alpha value is -1.77. The van der Waals surface area contributed by atoms with Crippen molar-refractivity contribution in [2.24, 2.45) is 0 Å². The number of carbonyl (C=O) groups excluding carboxylic acids is 1. The number of amides is 1. The van der Waals surface area contributed by atoms with Crippen molar-refractivity contribution in [3.8, 4) is 0 Å². The molecule has 2 rings (SSSR count). The lowest BCUT2D eigenvalue weighted by atomic mass is 9.97. The zero-order valence-corrected chi connectivity index (χ0v) is 12.6. The van der Waals surface area contributed by atoms with E-state index in [4.69, 9.17) is 4.74 Å². The first-order chi connectivity index (χ1) is 9.46. The van der Waals surface area contributed by atoms with Crippen LogP contribution < -0.4 is 0 Å². The van der Waals surface area contributed by atoms with Crippen LogP contribution in [0.3, 0.4) is 0 Å². The summed E-state index contributed by atoms with van der Waals surface area (Å²) in [7, 11) is 0. The molecule has 0 spiro atoms. The summed E-state index contributed by atoms with van der Waals surface area (Å²) in [5, 5.41) is 0. The van der Waals surface area contributed by atoms with Gasteiger partial charge < -0.3 is 9.64 Å². The van der Waals surface area contributed by atoms with Crippen LogP contribution in [-0.2, 0) is 4.74 Å². The molecule has 1 heterocycles. The standard InChI is InChI=1S/C17H23NO2/c1-17(2,3)20-16(19)18-12-10-15(11-13-18)14-8-6-4-5-7-9-14/h4-8,10H,9,11-13H2,1-3H3. The molecule has 0 aromatic rings. The molecule has 0 saturated carbocycles. The summed E-state index contributed by atoms with van der Waals surface area (Å²) in [4.78, 5) is 13.8. The predicted octanol–water partition coefficient (Wildman–Crippen LogP) is 4.00. The van der Waals surface area contributed by atoms with E-state index in [1.54, 1.807) is 4.90 Å². The number of allylic oxidation sites excluding steroid dienone is 6. The highest BCUT2D eigenvalue weighted by molar-refractivity contribution is 5.68. The summed E-state index contributed by atoms with van der Waals surface area (Å²) in [6, 6.07) is 0. The van der Waals surface area contributed by atoms with Crippen molar-refractivity contribution in [3.63, 3.8) is 0 Å². The number of nitrogens with zero attached hydrogens (tertiary/aromatic N) is 1. The molecule has 0 saturated heterocycles. The quantitative estimate of drug-likeness (QED) is 0.722. The van der Waals surface area contributed by atoms with Crippen LogP contribution in [0.4, 0.5) is 4.79 Å². The minimum atomic E-state index is -0.430. The van der Waals surface area contributed by atoms with Crippen molar-refractivity contribution >= 4 is 6.09 Å². The zero-order valence-electron chi connectivity index (χ0n) is 12.6. The highest BCUT2D eigenvalue weighted by Gasteiger charge is 2.24. The van der Waals surface area contributed by atoms with Crippen molar-refractivity contribution in [1.82, 2.24) is 4.90 Å². The van der Waals surface area contributed by atoms with E-state index in [2.05, 4.69) is 30.4 Å². The van der Waals surface area contributed by atoms with Gasteiger partial charge in [-0.15, -0.1) is 0 Å². The molecule has 20 heavy (non-hydrogen) atoms. The van der Waals surface area contributed by atoms with Gasteiger partial charge in [0.15, 0.2) is 0 Å². The molecule has 0 fully saturated rings. The van der Waals surface area contributed by atoms with Crippen molar-refractivity contribution in [1.29, 1.82) is 0 Å². The molecule has 0 radical (unpaired) electrons. The van der Waals surface area contributed by atoms with Crippen LogP contribution in [0.1, 0.15) is 33.6 Å². The Morgan fingerprint density at radius 2 is 2.00 bits per heavy atom. The summed E-state index contributed by atoms with van der Waals surface area (Å²) in [6.07, 6.45) is 14.3. The lowest BCUT2D eigenvalue weighted by Gasteiger charge is -2.30. The molecule has 0 aromatic carbocycles. The summed E-state index contributed by atoms with van der Waals surface area (Å²) in [5.74, 6) is 0. The van der Waals surface area contributed by atoms with Gasteiger partial charge in [0, 0.05) is 13.1 Å². The maximum atomic E-state index is 12.0. The molecule has 1 amide bonds. The third-order valence-electron chi connectivity index (χ3n) is 3.27. The van der Waals surface area contributed by atoms with E-state index in [0.717, 1.165) is 19.4 Å². The first-order valence-electron chi connectivity index (χ1n) is 7.15. The van der Waals surface area contributed by atoms with Crippen molar-refractivity contribution in [3.05, 3.63) is 47.6 Å². The Bertz CT molecular complexity index is 490. The largest absolute Gasteiger partial charge is 0.444 e. The molecule has 2 aliphatic rings. The van der Waals surface area contributed by atoms with Crippen molar-refractivity contribution in [2.75, 3.05) is 13.1 Å². The van der Waals surface area contributed by atoms with Gasteiger partial charge in [-0.25, -0.2) is 4.79 Å². The van der Waals surface area contributed by atoms with Crippen LogP contribution in [0, 0.1) is 0 Å². The van der Waals surface area contributed by atoms with Gasteiger partial charge in [0.1, 0.15) is 5.60 Å². The first-order valence-corrected chi connectivity index (χ1v) is 7.15. The highest BCUT2D eigenvalue weighted by atomic mass is 16.6. The molecular formula is C17H23NO2. The lowest BCUT2D eigenvalue weighted by Crippen LogP contribution is -2.39. The smallest absolute Gasteiger partial charge is 0.410 e. The average molecular weight is 273 g/mol. The molecule has 0 atom stereocenters. The fraction of sp³-hybridized carbons (Fsp3) is 0.471. The van der Waals surface area contributed by atoms with Crippen LogP contribution in [-0.4, -0.2) is 29.7 Å².